The molecule has 15 heavy (non-hydrogen) atoms. The number of carbonyl (C=O) groups is 1. The molecular weight excluding hydrogens is 190 g/mol. The first kappa shape index (κ1) is 10.9. The Hall–Kier alpha value is -0.610. The summed E-state index contributed by atoms with van der Waals surface area (Å²) in [7, 11) is 4.15. The molecule has 0 aromatic heterocycles. The molecule has 0 aliphatic heterocycles. The van der Waals surface area contributed by atoms with Crippen LogP contribution < -0.4 is 11.1 Å². The molecule has 1 amide bonds. The van der Waals surface area contributed by atoms with E-state index in [0.29, 0.717) is 6.04 Å². The van der Waals surface area contributed by atoms with Crippen LogP contribution in [0.3, 0.4) is 0 Å². The lowest BCUT2D eigenvalue weighted by Crippen LogP contribution is -2.48. The molecule has 2 saturated carbocycles. The summed E-state index contributed by atoms with van der Waals surface area (Å²) in [5.74, 6) is 0.809. The number of nitrogens with two attached hydrogens (primary N) is 1. The van der Waals surface area contributed by atoms with Gasteiger partial charge in [-0.3, -0.25) is 4.79 Å². The van der Waals surface area contributed by atoms with E-state index in [1.165, 1.54) is 12.8 Å². The van der Waals surface area contributed by atoms with E-state index >= 15 is 0 Å². The van der Waals surface area contributed by atoms with E-state index in [-0.39, 0.29) is 5.91 Å². The number of nitrogens with zero attached hydrogens (tertiary/aromatic N) is 1. The topological polar surface area (TPSA) is 58.4 Å². The fraction of sp³-hybridized carbons (Fsp3) is 0.909. The van der Waals surface area contributed by atoms with Crippen molar-refractivity contribution in [2.24, 2.45) is 11.7 Å². The molecule has 0 spiro atoms. The quantitative estimate of drug-likeness (QED) is 0.669. The molecule has 0 saturated heterocycles. The fourth-order valence-corrected chi connectivity index (χ4v) is 1.99. The van der Waals surface area contributed by atoms with E-state index < -0.39 is 5.54 Å². The zero-order valence-corrected chi connectivity index (χ0v) is 9.62. The first-order valence-corrected chi connectivity index (χ1v) is 5.76. The van der Waals surface area contributed by atoms with E-state index in [1.807, 2.05) is 0 Å². The van der Waals surface area contributed by atoms with Gasteiger partial charge >= 0.3 is 0 Å². The number of hydrogen-bond donors (Lipinski definition) is 2. The molecule has 1 unspecified atom stereocenters. The van der Waals surface area contributed by atoms with Crippen LogP contribution in [0.1, 0.15) is 25.7 Å². The van der Waals surface area contributed by atoms with Gasteiger partial charge < -0.3 is 16.0 Å². The Labute approximate surface area is 91.2 Å². The molecule has 2 aliphatic carbocycles. The Balaban J connectivity index is 1.77. The SMILES string of the molecule is CN(C)C(CNC(=O)C1(N)CC1)C1CC1. The first-order chi connectivity index (χ1) is 7.03. The first-order valence-electron chi connectivity index (χ1n) is 5.76. The van der Waals surface area contributed by atoms with E-state index in [0.717, 1.165) is 25.3 Å². The molecule has 2 rings (SSSR count). The van der Waals surface area contributed by atoms with Crippen molar-refractivity contribution in [3.63, 3.8) is 0 Å². The van der Waals surface area contributed by atoms with Gasteiger partial charge in [0.25, 0.3) is 0 Å². The minimum absolute atomic E-state index is 0.0370. The van der Waals surface area contributed by atoms with Crippen LogP contribution in [0.5, 0.6) is 0 Å². The average molecular weight is 211 g/mol. The van der Waals surface area contributed by atoms with Gasteiger partial charge in [0.2, 0.25) is 5.91 Å². The Morgan fingerprint density at radius 1 is 1.53 bits per heavy atom. The van der Waals surface area contributed by atoms with Crippen molar-refractivity contribution in [3.8, 4) is 0 Å². The van der Waals surface area contributed by atoms with Gasteiger partial charge in [0.05, 0.1) is 5.54 Å². The van der Waals surface area contributed by atoms with Crippen LogP contribution in [0.4, 0.5) is 0 Å². The maximum atomic E-state index is 11.6. The van der Waals surface area contributed by atoms with Crippen LogP contribution in [0, 0.1) is 5.92 Å². The monoisotopic (exact) mass is 211 g/mol. The van der Waals surface area contributed by atoms with Crippen LogP contribution in [0.2, 0.25) is 0 Å². The van der Waals surface area contributed by atoms with Gasteiger partial charge in [-0.2, -0.15) is 0 Å². The second-order valence-electron chi connectivity index (χ2n) is 5.23. The van der Waals surface area contributed by atoms with Gasteiger partial charge in [-0.25, -0.2) is 0 Å². The summed E-state index contributed by atoms with van der Waals surface area (Å²) in [4.78, 5) is 13.8. The van der Waals surface area contributed by atoms with Gasteiger partial charge in [-0.15, -0.1) is 0 Å². The third kappa shape index (κ3) is 2.49. The smallest absolute Gasteiger partial charge is 0.240 e. The molecule has 4 nitrogen and oxygen atoms in total. The van der Waals surface area contributed by atoms with Crippen LogP contribution in [-0.4, -0.2) is 43.0 Å². The van der Waals surface area contributed by atoms with Crippen LogP contribution in [-0.2, 0) is 4.79 Å². The van der Waals surface area contributed by atoms with E-state index in [2.05, 4.69) is 24.3 Å². The van der Waals surface area contributed by atoms with Crippen LogP contribution >= 0.6 is 0 Å². The number of nitrogens with one attached hydrogen (secondary N) is 1. The van der Waals surface area contributed by atoms with E-state index in [4.69, 9.17) is 5.73 Å². The number of likely N-dealkylation sites (N-methyl/N-ethyl adjacent to an activating group) is 1. The van der Waals surface area contributed by atoms with Crippen molar-refractivity contribution < 1.29 is 4.79 Å². The Morgan fingerprint density at radius 2 is 2.13 bits per heavy atom. The van der Waals surface area contributed by atoms with Crippen molar-refractivity contribution in [1.29, 1.82) is 0 Å². The lowest BCUT2D eigenvalue weighted by molar-refractivity contribution is -0.123. The summed E-state index contributed by atoms with van der Waals surface area (Å²) >= 11 is 0. The van der Waals surface area contributed by atoms with Crippen LogP contribution in [0.25, 0.3) is 0 Å². The van der Waals surface area contributed by atoms with Crippen molar-refractivity contribution in [3.05, 3.63) is 0 Å². The summed E-state index contributed by atoms with van der Waals surface area (Å²) < 4.78 is 0. The van der Waals surface area contributed by atoms with Gasteiger partial charge in [0.15, 0.2) is 0 Å². The minimum atomic E-state index is -0.527. The van der Waals surface area contributed by atoms with Crippen molar-refractivity contribution in [2.45, 2.75) is 37.3 Å². The second-order valence-corrected chi connectivity index (χ2v) is 5.23. The molecular formula is C11H21N3O. The highest BCUT2D eigenvalue weighted by atomic mass is 16.2. The highest BCUT2D eigenvalue weighted by Crippen LogP contribution is 2.35. The molecule has 2 fully saturated rings. The predicted molar refractivity (Wildman–Crippen MR) is 59.4 cm³/mol. The summed E-state index contributed by atoms with van der Waals surface area (Å²) in [6.07, 6.45) is 4.28. The predicted octanol–water partition coefficient (Wildman–Crippen LogP) is -0.0659. The van der Waals surface area contributed by atoms with Crippen LogP contribution in [0.15, 0.2) is 0 Å². The maximum Gasteiger partial charge on any atom is 0.240 e. The fourth-order valence-electron chi connectivity index (χ4n) is 1.99. The second kappa shape index (κ2) is 3.76. The van der Waals surface area contributed by atoms with Gasteiger partial charge in [-0.05, 0) is 45.7 Å². The summed E-state index contributed by atoms with van der Waals surface area (Å²) in [6, 6.07) is 0.483. The minimum Gasteiger partial charge on any atom is -0.353 e. The molecule has 0 radical (unpaired) electrons. The van der Waals surface area contributed by atoms with E-state index in [1.54, 1.807) is 0 Å². The highest BCUT2D eigenvalue weighted by Gasteiger charge is 2.46. The summed E-state index contributed by atoms with van der Waals surface area (Å²) in [6.45, 7) is 0.745. The largest absolute Gasteiger partial charge is 0.353 e. The van der Waals surface area contributed by atoms with Gasteiger partial charge in [0, 0.05) is 12.6 Å². The van der Waals surface area contributed by atoms with Gasteiger partial charge in [-0.1, -0.05) is 0 Å². The maximum absolute atomic E-state index is 11.6. The average Bonchev–Trinajstić information content (AvgIpc) is 3.01. The molecule has 0 heterocycles. The third-order valence-corrected chi connectivity index (χ3v) is 3.54. The molecule has 2 aliphatic rings. The summed E-state index contributed by atoms with van der Waals surface area (Å²) in [5.41, 5.74) is 5.29. The molecule has 3 N–H and O–H groups in total. The zero-order chi connectivity index (χ0) is 11.1. The molecule has 4 heteroatoms. The zero-order valence-electron chi connectivity index (χ0n) is 9.62. The number of carbonyl (C=O) groups excluding carboxylic acids is 1. The molecule has 1 atom stereocenters. The van der Waals surface area contributed by atoms with Gasteiger partial charge in [0.1, 0.15) is 0 Å². The molecule has 0 aromatic rings. The number of rotatable bonds is 5. The molecule has 0 bridgehead atoms. The Morgan fingerprint density at radius 3 is 2.53 bits per heavy atom. The number of amides is 1. The third-order valence-electron chi connectivity index (χ3n) is 3.54. The van der Waals surface area contributed by atoms with Crippen molar-refractivity contribution in [1.82, 2.24) is 10.2 Å². The summed E-state index contributed by atoms with van der Waals surface area (Å²) in [5, 5.41) is 2.98. The molecule has 86 valence electrons. The Kier molecular flexibility index (Phi) is 2.73. The standard InChI is InChI=1S/C11H21N3O/c1-14(2)9(8-3-4-8)7-13-10(15)11(12)5-6-11/h8-9H,3-7,12H2,1-2H3,(H,13,15). The van der Waals surface area contributed by atoms with Crippen molar-refractivity contribution >= 4 is 5.91 Å². The molecule has 0 aromatic carbocycles. The normalized spacial score (nSPS) is 25.1. The highest BCUT2D eigenvalue weighted by molar-refractivity contribution is 5.88. The Bertz CT molecular complexity index is 255. The lowest BCUT2D eigenvalue weighted by Gasteiger charge is -2.25. The van der Waals surface area contributed by atoms with E-state index in [9.17, 15) is 4.79 Å². The number of hydrogen-bond acceptors (Lipinski definition) is 3. The van der Waals surface area contributed by atoms with Crippen molar-refractivity contribution in [2.75, 3.05) is 20.6 Å². The lowest BCUT2D eigenvalue weighted by atomic mass is 10.1.